The number of hydrogen-bond donors (Lipinski definition) is 2. The van der Waals surface area contributed by atoms with Crippen molar-refractivity contribution in [1.29, 1.82) is 0 Å². The van der Waals surface area contributed by atoms with Crippen LogP contribution < -0.4 is 5.32 Å². The van der Waals surface area contributed by atoms with E-state index in [2.05, 4.69) is 10.3 Å². The zero-order chi connectivity index (χ0) is 21.2. The second kappa shape index (κ2) is 8.03. The molecule has 0 spiro atoms. The molecular formula is C19H21N3O6. The van der Waals surface area contributed by atoms with Gasteiger partial charge in [0.2, 0.25) is 5.78 Å². The topological polar surface area (TPSA) is 131 Å². The lowest BCUT2D eigenvalue weighted by Gasteiger charge is -2.14. The number of esters is 1. The Morgan fingerprint density at radius 3 is 2.39 bits per heavy atom. The first-order valence-corrected chi connectivity index (χ1v) is 8.50. The highest BCUT2D eigenvalue weighted by molar-refractivity contribution is 6.06. The van der Waals surface area contributed by atoms with Crippen LogP contribution in [-0.2, 0) is 4.74 Å². The van der Waals surface area contributed by atoms with E-state index in [1.54, 1.807) is 20.9 Å². The molecule has 0 amide bonds. The first-order chi connectivity index (χ1) is 13.1. The van der Waals surface area contributed by atoms with Crippen molar-refractivity contribution in [3.8, 4) is 0 Å². The normalized spacial score (nSPS) is 11.6. The fourth-order valence-electron chi connectivity index (χ4n) is 3.04. The summed E-state index contributed by atoms with van der Waals surface area (Å²) in [5, 5.41) is 13.7. The van der Waals surface area contributed by atoms with E-state index in [0.29, 0.717) is 22.5 Å². The average Bonchev–Trinajstić information content (AvgIpc) is 2.94. The Balaban J connectivity index is 2.29. The summed E-state index contributed by atoms with van der Waals surface area (Å²) in [5.41, 5.74) is 1.68. The van der Waals surface area contributed by atoms with Gasteiger partial charge in [-0.15, -0.1) is 0 Å². The third kappa shape index (κ3) is 3.93. The molecule has 1 aromatic heterocycles. The number of aromatic nitrogens is 1. The highest BCUT2D eigenvalue weighted by Gasteiger charge is 2.27. The van der Waals surface area contributed by atoms with Crippen LogP contribution in [0.15, 0.2) is 18.2 Å². The van der Waals surface area contributed by atoms with E-state index in [1.807, 2.05) is 0 Å². The zero-order valence-corrected chi connectivity index (χ0v) is 16.2. The van der Waals surface area contributed by atoms with Crippen molar-refractivity contribution < 1.29 is 24.0 Å². The van der Waals surface area contributed by atoms with E-state index in [-0.39, 0.29) is 22.7 Å². The molecule has 0 saturated heterocycles. The van der Waals surface area contributed by atoms with Gasteiger partial charge in [-0.25, -0.2) is 4.79 Å². The molecule has 0 unspecified atom stereocenters. The number of nitro benzene ring substituents is 1. The van der Waals surface area contributed by atoms with Crippen molar-refractivity contribution in [2.24, 2.45) is 0 Å². The molecule has 0 radical (unpaired) electrons. The Morgan fingerprint density at radius 1 is 1.25 bits per heavy atom. The number of ketones is 2. The van der Waals surface area contributed by atoms with Gasteiger partial charge in [0.1, 0.15) is 0 Å². The van der Waals surface area contributed by atoms with Gasteiger partial charge in [0.05, 0.1) is 16.2 Å². The molecule has 0 bridgehead atoms. The Morgan fingerprint density at radius 2 is 1.89 bits per heavy atom. The lowest BCUT2D eigenvalue weighted by molar-refractivity contribution is -0.384. The van der Waals surface area contributed by atoms with Gasteiger partial charge < -0.3 is 15.0 Å². The monoisotopic (exact) mass is 387 g/mol. The minimum Gasteiger partial charge on any atom is -0.451 e. The summed E-state index contributed by atoms with van der Waals surface area (Å²) in [6.07, 6.45) is -1.16. The molecule has 148 valence electrons. The Hall–Kier alpha value is -3.49. The molecule has 28 heavy (non-hydrogen) atoms. The summed E-state index contributed by atoms with van der Waals surface area (Å²) >= 11 is 0. The van der Waals surface area contributed by atoms with E-state index in [4.69, 9.17) is 4.74 Å². The predicted octanol–water partition coefficient (Wildman–Crippen LogP) is 3.21. The van der Waals surface area contributed by atoms with Gasteiger partial charge in [-0.2, -0.15) is 0 Å². The molecule has 2 aromatic rings. The zero-order valence-electron chi connectivity index (χ0n) is 16.2. The van der Waals surface area contributed by atoms with Crippen molar-refractivity contribution in [1.82, 2.24) is 4.98 Å². The first-order valence-electron chi connectivity index (χ1n) is 8.50. The summed E-state index contributed by atoms with van der Waals surface area (Å²) in [7, 11) is 1.56. The number of carbonyl (C=O) groups excluding carboxylic acids is 3. The number of non-ortho nitro benzene ring substituents is 1. The van der Waals surface area contributed by atoms with Crippen molar-refractivity contribution >= 4 is 28.9 Å². The molecule has 9 heteroatoms. The number of Topliss-reactive ketones (excluding diaryl/α,β-unsaturated/α-hetero) is 2. The quantitative estimate of drug-likeness (QED) is 0.323. The van der Waals surface area contributed by atoms with Crippen LogP contribution >= 0.6 is 0 Å². The van der Waals surface area contributed by atoms with Crippen LogP contribution in [0.4, 0.5) is 11.4 Å². The number of aryl methyl sites for hydroxylation is 1. The van der Waals surface area contributed by atoms with Gasteiger partial charge in [-0.1, -0.05) is 0 Å². The van der Waals surface area contributed by atoms with Crippen molar-refractivity contribution in [2.75, 3.05) is 12.4 Å². The molecule has 2 rings (SSSR count). The molecule has 1 atom stereocenters. The minimum atomic E-state index is -1.16. The van der Waals surface area contributed by atoms with E-state index in [1.165, 1.54) is 26.0 Å². The van der Waals surface area contributed by atoms with Crippen LogP contribution in [0, 0.1) is 24.0 Å². The highest BCUT2D eigenvalue weighted by atomic mass is 16.6. The maximum absolute atomic E-state index is 12.7. The summed E-state index contributed by atoms with van der Waals surface area (Å²) < 4.78 is 5.24. The first kappa shape index (κ1) is 20.8. The molecular weight excluding hydrogens is 366 g/mol. The second-order valence-electron chi connectivity index (χ2n) is 6.33. The second-order valence-corrected chi connectivity index (χ2v) is 6.33. The fraction of sp³-hybridized carbons (Fsp3) is 0.316. The number of carbonyl (C=O) groups is 3. The number of H-pyrrole nitrogens is 1. The molecule has 1 heterocycles. The molecule has 1 aromatic carbocycles. The number of hydrogen-bond acceptors (Lipinski definition) is 7. The van der Waals surface area contributed by atoms with Crippen LogP contribution in [-0.4, -0.2) is 40.6 Å². The van der Waals surface area contributed by atoms with Gasteiger partial charge in [0, 0.05) is 36.1 Å². The maximum Gasteiger partial charge on any atom is 0.341 e. The van der Waals surface area contributed by atoms with Gasteiger partial charge >= 0.3 is 5.97 Å². The van der Waals surface area contributed by atoms with Crippen molar-refractivity contribution in [2.45, 2.75) is 33.8 Å². The van der Waals surface area contributed by atoms with Gasteiger partial charge in [-0.05, 0) is 39.3 Å². The SMILES string of the molecule is CNc1ccc([N+](=O)[O-])cc1C(=O)O[C@@H](C)C(=O)c1[nH]c(C)c(C(C)=O)c1C. The fourth-order valence-corrected chi connectivity index (χ4v) is 3.04. The van der Waals surface area contributed by atoms with E-state index < -0.39 is 22.8 Å². The third-order valence-electron chi connectivity index (χ3n) is 4.39. The molecule has 0 aliphatic carbocycles. The maximum atomic E-state index is 12.7. The molecule has 9 nitrogen and oxygen atoms in total. The van der Waals surface area contributed by atoms with E-state index in [0.717, 1.165) is 6.07 Å². The summed E-state index contributed by atoms with van der Waals surface area (Å²) in [4.78, 5) is 50.2. The number of ether oxygens (including phenoxy) is 1. The standard InChI is InChI=1S/C19H21N3O6/c1-9-16(11(3)23)10(2)21-17(9)18(24)12(4)28-19(25)14-8-13(22(26)27)6-7-15(14)20-5/h6-8,12,20-21H,1-5H3/t12-/m0/s1. The lowest BCUT2D eigenvalue weighted by Crippen LogP contribution is -2.25. The lowest BCUT2D eigenvalue weighted by atomic mass is 10.0. The number of nitro groups is 1. The van der Waals surface area contributed by atoms with E-state index in [9.17, 15) is 24.5 Å². The van der Waals surface area contributed by atoms with Crippen molar-refractivity contribution in [3.63, 3.8) is 0 Å². The summed E-state index contributed by atoms with van der Waals surface area (Å²) in [5.74, 6) is -1.55. The van der Waals surface area contributed by atoms with Gasteiger partial charge in [0.25, 0.3) is 5.69 Å². The van der Waals surface area contributed by atoms with Gasteiger partial charge in [0.15, 0.2) is 11.9 Å². The number of aromatic amines is 1. The smallest absolute Gasteiger partial charge is 0.341 e. The van der Waals surface area contributed by atoms with Crippen LogP contribution in [0.25, 0.3) is 0 Å². The average molecular weight is 387 g/mol. The van der Waals surface area contributed by atoms with Crippen LogP contribution in [0.3, 0.4) is 0 Å². The molecule has 2 N–H and O–H groups in total. The molecule has 0 saturated carbocycles. The molecule has 0 fully saturated rings. The van der Waals surface area contributed by atoms with Crippen LogP contribution in [0.1, 0.15) is 56.3 Å². The number of nitrogens with one attached hydrogen (secondary N) is 2. The Labute approximate surface area is 161 Å². The third-order valence-corrected chi connectivity index (χ3v) is 4.39. The summed E-state index contributed by atoms with van der Waals surface area (Å²) in [6.45, 7) is 6.13. The minimum absolute atomic E-state index is 0.0554. The largest absolute Gasteiger partial charge is 0.451 e. The number of rotatable bonds is 7. The van der Waals surface area contributed by atoms with Gasteiger partial charge in [-0.3, -0.25) is 19.7 Å². The molecule has 0 aliphatic rings. The Kier molecular flexibility index (Phi) is 5.97. The van der Waals surface area contributed by atoms with Crippen molar-refractivity contribution in [3.05, 3.63) is 56.4 Å². The predicted molar refractivity (Wildman–Crippen MR) is 102 cm³/mol. The van der Waals surface area contributed by atoms with Crippen LogP contribution in [0.5, 0.6) is 0 Å². The van der Waals surface area contributed by atoms with E-state index >= 15 is 0 Å². The molecule has 0 aliphatic heterocycles. The Bertz CT molecular complexity index is 976. The number of anilines is 1. The summed E-state index contributed by atoms with van der Waals surface area (Å²) in [6, 6.07) is 3.73. The van der Waals surface area contributed by atoms with Crippen LogP contribution in [0.2, 0.25) is 0 Å². The number of nitrogens with zero attached hydrogens (tertiary/aromatic N) is 1. The highest BCUT2D eigenvalue weighted by Crippen LogP contribution is 2.24. The number of benzene rings is 1.